The van der Waals surface area contributed by atoms with Crippen LogP contribution in [0.1, 0.15) is 6.42 Å². The van der Waals surface area contributed by atoms with Crippen molar-refractivity contribution in [3.63, 3.8) is 0 Å². The van der Waals surface area contributed by atoms with Crippen LogP contribution in [0.15, 0.2) is 29.2 Å². The third-order valence-electron chi connectivity index (χ3n) is 3.05. The lowest BCUT2D eigenvalue weighted by Gasteiger charge is -2.13. The highest BCUT2D eigenvalue weighted by Gasteiger charge is 2.11. The van der Waals surface area contributed by atoms with Gasteiger partial charge in [0.2, 0.25) is 0 Å². The minimum atomic E-state index is -0.891. The molecule has 2 aromatic rings. The van der Waals surface area contributed by atoms with Gasteiger partial charge in [-0.25, -0.2) is 0 Å². The van der Waals surface area contributed by atoms with E-state index in [9.17, 15) is 9.59 Å². The number of hydrogen-bond donors (Lipinski definition) is 1. The van der Waals surface area contributed by atoms with Crippen LogP contribution in [0.3, 0.4) is 0 Å². The van der Waals surface area contributed by atoms with Crippen LogP contribution in [0.2, 0.25) is 0 Å². The molecule has 1 heterocycles. The number of hydrogen-bond acceptors (Lipinski definition) is 4. The molecular formula is C14H15NO5. The standard InChI is InChI=1S/C14H15NO5/c1-19-12-7-9-10(8-13(12)20-2)15(5-3-11(9)16)6-4-14(17)18/h3,5,7-8H,4,6H2,1-2H3,(H,17,18). The van der Waals surface area contributed by atoms with E-state index >= 15 is 0 Å². The van der Waals surface area contributed by atoms with E-state index in [2.05, 4.69) is 0 Å². The zero-order chi connectivity index (χ0) is 14.7. The number of rotatable bonds is 5. The van der Waals surface area contributed by atoms with E-state index in [-0.39, 0.29) is 18.4 Å². The summed E-state index contributed by atoms with van der Waals surface area (Å²) in [6, 6.07) is 4.70. The number of aliphatic carboxylic acids is 1. The molecule has 1 aromatic carbocycles. The molecule has 0 saturated heterocycles. The number of carboxylic acid groups (broad SMARTS) is 1. The number of pyridine rings is 1. The molecule has 0 atom stereocenters. The van der Waals surface area contributed by atoms with E-state index in [1.54, 1.807) is 22.9 Å². The molecule has 0 aliphatic carbocycles. The molecule has 0 unspecified atom stereocenters. The van der Waals surface area contributed by atoms with Crippen LogP contribution in [-0.2, 0) is 11.3 Å². The summed E-state index contributed by atoms with van der Waals surface area (Å²) in [5, 5.41) is 9.23. The van der Waals surface area contributed by atoms with Crippen molar-refractivity contribution in [2.45, 2.75) is 13.0 Å². The van der Waals surface area contributed by atoms with Gasteiger partial charge in [0.1, 0.15) is 0 Å². The first kappa shape index (κ1) is 13.9. The lowest BCUT2D eigenvalue weighted by Crippen LogP contribution is -2.11. The number of carboxylic acids is 1. The molecule has 0 aliphatic heterocycles. The Hall–Kier alpha value is -2.50. The number of aryl methyl sites for hydroxylation is 1. The van der Waals surface area contributed by atoms with Crippen LogP contribution in [0, 0.1) is 0 Å². The molecule has 0 spiro atoms. The summed E-state index contributed by atoms with van der Waals surface area (Å²) in [6.45, 7) is 0.279. The fourth-order valence-corrected chi connectivity index (χ4v) is 2.04. The van der Waals surface area contributed by atoms with E-state index in [1.807, 2.05) is 0 Å². The molecule has 0 aliphatic rings. The van der Waals surface area contributed by atoms with Crippen molar-refractivity contribution in [1.29, 1.82) is 0 Å². The molecule has 0 amide bonds. The number of ether oxygens (including phenoxy) is 2. The molecule has 20 heavy (non-hydrogen) atoms. The van der Waals surface area contributed by atoms with Gasteiger partial charge in [-0.3, -0.25) is 9.59 Å². The lowest BCUT2D eigenvalue weighted by molar-refractivity contribution is -0.137. The average Bonchev–Trinajstić information content (AvgIpc) is 2.45. The fraction of sp³-hybridized carbons (Fsp3) is 0.286. The zero-order valence-corrected chi connectivity index (χ0v) is 11.3. The van der Waals surface area contributed by atoms with Gasteiger partial charge in [0.05, 0.1) is 26.2 Å². The maximum atomic E-state index is 11.9. The van der Waals surface area contributed by atoms with Gasteiger partial charge in [0, 0.05) is 30.3 Å². The summed E-state index contributed by atoms with van der Waals surface area (Å²) >= 11 is 0. The smallest absolute Gasteiger partial charge is 0.305 e. The van der Waals surface area contributed by atoms with Crippen LogP contribution < -0.4 is 14.9 Å². The normalized spacial score (nSPS) is 10.5. The Balaban J connectivity index is 2.63. The number of benzene rings is 1. The van der Waals surface area contributed by atoms with E-state index in [4.69, 9.17) is 14.6 Å². The molecule has 0 fully saturated rings. The third-order valence-corrected chi connectivity index (χ3v) is 3.05. The summed E-state index contributed by atoms with van der Waals surface area (Å²) in [6.07, 6.45) is 1.56. The molecular weight excluding hydrogens is 262 g/mol. The maximum absolute atomic E-state index is 11.9. The first-order valence-corrected chi connectivity index (χ1v) is 6.03. The van der Waals surface area contributed by atoms with E-state index in [0.29, 0.717) is 22.4 Å². The monoisotopic (exact) mass is 277 g/mol. The van der Waals surface area contributed by atoms with Crippen LogP contribution in [0.5, 0.6) is 11.5 Å². The quantitative estimate of drug-likeness (QED) is 0.896. The van der Waals surface area contributed by atoms with Crippen molar-refractivity contribution in [3.05, 3.63) is 34.6 Å². The second kappa shape index (κ2) is 5.64. The molecule has 106 valence electrons. The fourth-order valence-electron chi connectivity index (χ4n) is 2.04. The number of nitrogens with zero attached hydrogens (tertiary/aromatic N) is 1. The van der Waals surface area contributed by atoms with Gasteiger partial charge in [0.25, 0.3) is 0 Å². The average molecular weight is 277 g/mol. The van der Waals surface area contributed by atoms with E-state index in [0.717, 1.165) is 0 Å². The lowest BCUT2D eigenvalue weighted by atomic mass is 10.1. The zero-order valence-electron chi connectivity index (χ0n) is 11.3. The minimum Gasteiger partial charge on any atom is -0.493 e. The van der Waals surface area contributed by atoms with Crippen LogP contribution in [0.4, 0.5) is 0 Å². The van der Waals surface area contributed by atoms with Crippen LogP contribution in [0.25, 0.3) is 10.9 Å². The van der Waals surface area contributed by atoms with Gasteiger partial charge in [-0.05, 0) is 6.07 Å². The van der Waals surface area contributed by atoms with Crippen molar-refractivity contribution in [1.82, 2.24) is 4.57 Å². The van der Waals surface area contributed by atoms with E-state index < -0.39 is 5.97 Å². The van der Waals surface area contributed by atoms with Crippen LogP contribution in [-0.4, -0.2) is 29.9 Å². The highest BCUT2D eigenvalue weighted by Crippen LogP contribution is 2.30. The van der Waals surface area contributed by atoms with Gasteiger partial charge in [-0.15, -0.1) is 0 Å². The van der Waals surface area contributed by atoms with Gasteiger partial charge >= 0.3 is 5.97 Å². The molecule has 6 nitrogen and oxygen atoms in total. The molecule has 2 rings (SSSR count). The number of fused-ring (bicyclic) bond motifs is 1. The topological polar surface area (TPSA) is 77.8 Å². The second-order valence-corrected chi connectivity index (χ2v) is 4.24. The first-order chi connectivity index (χ1) is 9.56. The summed E-state index contributed by atoms with van der Waals surface area (Å²) in [5.74, 6) is 0.0695. The van der Waals surface area contributed by atoms with Crippen molar-refractivity contribution in [2.75, 3.05) is 14.2 Å². The van der Waals surface area contributed by atoms with E-state index in [1.165, 1.54) is 20.3 Å². The summed E-state index contributed by atoms with van der Waals surface area (Å²) in [7, 11) is 3.00. The maximum Gasteiger partial charge on any atom is 0.305 e. The molecule has 1 aromatic heterocycles. The Kier molecular flexibility index (Phi) is 3.93. The molecule has 6 heteroatoms. The number of methoxy groups -OCH3 is 2. The van der Waals surface area contributed by atoms with Crippen LogP contribution >= 0.6 is 0 Å². The molecule has 0 bridgehead atoms. The molecule has 1 N–H and O–H groups in total. The van der Waals surface area contributed by atoms with Gasteiger partial charge in [-0.1, -0.05) is 0 Å². The third kappa shape index (κ3) is 2.59. The molecule has 0 radical (unpaired) electrons. The SMILES string of the molecule is COc1cc2c(=O)ccn(CCC(=O)O)c2cc1OC. The predicted molar refractivity (Wildman–Crippen MR) is 73.6 cm³/mol. The van der Waals surface area contributed by atoms with Crippen molar-refractivity contribution in [2.24, 2.45) is 0 Å². The summed E-state index contributed by atoms with van der Waals surface area (Å²) in [4.78, 5) is 22.6. The van der Waals surface area contributed by atoms with Crippen molar-refractivity contribution >= 4 is 16.9 Å². The van der Waals surface area contributed by atoms with Gasteiger partial charge in [-0.2, -0.15) is 0 Å². The highest BCUT2D eigenvalue weighted by molar-refractivity contribution is 5.83. The summed E-state index contributed by atoms with van der Waals surface area (Å²) in [5.41, 5.74) is 0.476. The van der Waals surface area contributed by atoms with Gasteiger partial charge in [0.15, 0.2) is 16.9 Å². The Labute approximate surface area is 115 Å². The summed E-state index contributed by atoms with van der Waals surface area (Å²) < 4.78 is 12.1. The first-order valence-electron chi connectivity index (χ1n) is 6.03. The minimum absolute atomic E-state index is 0.0215. The Morgan fingerprint density at radius 3 is 2.50 bits per heavy atom. The van der Waals surface area contributed by atoms with Crippen molar-refractivity contribution in [3.8, 4) is 11.5 Å². The van der Waals surface area contributed by atoms with Gasteiger partial charge < -0.3 is 19.1 Å². The molecule has 0 saturated carbocycles. The largest absolute Gasteiger partial charge is 0.493 e. The highest BCUT2D eigenvalue weighted by atomic mass is 16.5. The number of aromatic nitrogens is 1. The van der Waals surface area contributed by atoms with Crippen molar-refractivity contribution < 1.29 is 19.4 Å². The predicted octanol–water partition coefficient (Wildman–Crippen LogP) is 1.49. The Morgan fingerprint density at radius 1 is 1.25 bits per heavy atom. The second-order valence-electron chi connectivity index (χ2n) is 4.24. The Morgan fingerprint density at radius 2 is 1.90 bits per heavy atom. The Bertz CT molecular complexity index is 705. The number of carbonyl (C=O) groups is 1.